The van der Waals surface area contributed by atoms with Crippen molar-refractivity contribution in [2.75, 3.05) is 0 Å². The van der Waals surface area contributed by atoms with E-state index in [0.29, 0.717) is 33.7 Å². The lowest BCUT2D eigenvalue weighted by atomic mass is 10.1. The molecule has 2 aromatic carbocycles. The topological polar surface area (TPSA) is 77.1 Å². The number of nitrogens with zero attached hydrogens (tertiary/aromatic N) is 3. The second-order valence-corrected chi connectivity index (χ2v) is 11.6. The Hall–Kier alpha value is -2.79. The van der Waals surface area contributed by atoms with Gasteiger partial charge in [0.1, 0.15) is 11.6 Å². The molecule has 35 heavy (non-hydrogen) atoms. The van der Waals surface area contributed by atoms with Crippen LogP contribution in [0.5, 0.6) is 5.75 Å². The Labute approximate surface area is 208 Å². The van der Waals surface area contributed by atoms with Crippen LogP contribution in [0.2, 0.25) is 0 Å². The molecule has 0 bridgehead atoms. The molecule has 1 aliphatic carbocycles. The predicted octanol–water partition coefficient (Wildman–Crippen LogP) is 5.99. The summed E-state index contributed by atoms with van der Waals surface area (Å²) in [5, 5.41) is 11.5. The van der Waals surface area contributed by atoms with Crippen molar-refractivity contribution in [2.24, 2.45) is 0 Å². The average molecular weight is 568 g/mol. The van der Waals surface area contributed by atoms with E-state index in [0.717, 1.165) is 36.3 Å². The second kappa shape index (κ2) is 8.41. The van der Waals surface area contributed by atoms with Gasteiger partial charge in [-0.05, 0) is 66.0 Å². The number of rotatable bonds is 6. The first-order valence-corrected chi connectivity index (χ1v) is 13.3. The maximum Gasteiger partial charge on any atom is 0.416 e. The fraction of sp³-hybridized carbons (Fsp3) is 0.292. The number of phenolic OH excluding ortho intramolecular Hbond substituents is 1. The highest BCUT2D eigenvalue weighted by Crippen LogP contribution is 2.44. The fourth-order valence-electron chi connectivity index (χ4n) is 4.36. The number of fused-ring (bicyclic) bond motifs is 1. The van der Waals surface area contributed by atoms with Gasteiger partial charge >= 0.3 is 6.18 Å². The van der Waals surface area contributed by atoms with Crippen LogP contribution >= 0.6 is 15.9 Å². The highest BCUT2D eigenvalue weighted by atomic mass is 79.9. The van der Waals surface area contributed by atoms with Gasteiger partial charge in [0.25, 0.3) is 0 Å². The number of benzene rings is 2. The molecule has 6 nitrogen and oxygen atoms in total. The number of halogens is 4. The molecular weight excluding hydrogens is 547 g/mol. The van der Waals surface area contributed by atoms with E-state index in [1.165, 1.54) is 6.07 Å². The molecule has 1 fully saturated rings. The zero-order valence-corrected chi connectivity index (χ0v) is 21.0. The summed E-state index contributed by atoms with van der Waals surface area (Å²) in [6, 6.07) is 7.40. The molecule has 2 heterocycles. The molecule has 5 rings (SSSR count). The average Bonchev–Trinajstić information content (AvgIpc) is 3.45. The van der Waals surface area contributed by atoms with Crippen LogP contribution < -0.4 is 0 Å². The standard InChI is InChI=1S/C24H21BrF3N3O3S/c1-14-29-7-8-30(14)12-20-19-10-17(31(16-5-6-16)22(19)11-21(25)23(20)32)13-35(33,34)18-4-2-3-15(9-18)24(26,27)28/h2-4,7-11,16,32H,5-6,12-13H2,1H3. The van der Waals surface area contributed by atoms with Crippen LogP contribution in [-0.2, 0) is 28.3 Å². The Bertz CT molecular complexity index is 1550. The first kappa shape index (κ1) is 23.9. The Balaban J connectivity index is 1.63. The lowest BCUT2D eigenvalue weighted by molar-refractivity contribution is -0.137. The number of hydrogen-bond donors (Lipinski definition) is 1. The number of aromatic hydroxyl groups is 1. The Kier molecular flexibility index (Phi) is 5.75. The summed E-state index contributed by atoms with van der Waals surface area (Å²) in [4.78, 5) is 3.84. The van der Waals surface area contributed by atoms with Crippen molar-refractivity contribution in [3.63, 3.8) is 0 Å². The van der Waals surface area contributed by atoms with Crippen LogP contribution in [0.15, 0.2) is 58.2 Å². The van der Waals surface area contributed by atoms with E-state index in [4.69, 9.17) is 0 Å². The molecule has 2 aromatic heterocycles. The maximum absolute atomic E-state index is 13.2. The highest BCUT2D eigenvalue weighted by Gasteiger charge is 2.33. The van der Waals surface area contributed by atoms with E-state index in [1.54, 1.807) is 24.5 Å². The largest absolute Gasteiger partial charge is 0.506 e. The number of aryl methyl sites for hydroxylation is 1. The lowest BCUT2D eigenvalue weighted by Gasteiger charge is -2.13. The lowest BCUT2D eigenvalue weighted by Crippen LogP contribution is -2.11. The third kappa shape index (κ3) is 4.47. The maximum atomic E-state index is 13.2. The van der Waals surface area contributed by atoms with Gasteiger partial charge in [-0.15, -0.1) is 0 Å². The van der Waals surface area contributed by atoms with Gasteiger partial charge in [-0.25, -0.2) is 13.4 Å². The summed E-state index contributed by atoms with van der Waals surface area (Å²) in [6.07, 6.45) is 0.546. The summed E-state index contributed by atoms with van der Waals surface area (Å²) in [6.45, 7) is 2.16. The number of imidazole rings is 1. The third-order valence-electron chi connectivity index (χ3n) is 6.28. The van der Waals surface area contributed by atoms with Gasteiger partial charge in [-0.2, -0.15) is 13.2 Å². The van der Waals surface area contributed by atoms with E-state index in [9.17, 15) is 26.7 Å². The van der Waals surface area contributed by atoms with Gasteiger partial charge in [-0.3, -0.25) is 0 Å². The highest BCUT2D eigenvalue weighted by molar-refractivity contribution is 9.10. The van der Waals surface area contributed by atoms with Crippen molar-refractivity contribution < 1.29 is 26.7 Å². The molecule has 0 unspecified atom stereocenters. The van der Waals surface area contributed by atoms with Crippen molar-refractivity contribution in [3.05, 3.63) is 75.9 Å². The SMILES string of the molecule is Cc1nccn1Cc1c(O)c(Br)cc2c1cc(CS(=O)(=O)c1cccc(C(F)(F)F)c1)n2C1CC1. The molecule has 0 atom stereocenters. The van der Waals surface area contributed by atoms with E-state index >= 15 is 0 Å². The minimum absolute atomic E-state index is 0.0471. The van der Waals surface area contributed by atoms with Gasteiger partial charge < -0.3 is 14.2 Å². The van der Waals surface area contributed by atoms with Crippen molar-refractivity contribution in [1.82, 2.24) is 14.1 Å². The van der Waals surface area contributed by atoms with Gasteiger partial charge in [0.2, 0.25) is 0 Å². The van der Waals surface area contributed by atoms with Gasteiger partial charge in [0, 0.05) is 35.1 Å². The number of aromatic nitrogens is 3. The molecule has 11 heteroatoms. The summed E-state index contributed by atoms with van der Waals surface area (Å²) in [7, 11) is -4.07. The molecular formula is C24H21BrF3N3O3S. The van der Waals surface area contributed by atoms with Crippen molar-refractivity contribution in [2.45, 2.75) is 49.2 Å². The minimum atomic E-state index is -4.64. The molecule has 1 N–H and O–H groups in total. The Morgan fingerprint density at radius 2 is 1.94 bits per heavy atom. The molecule has 0 radical (unpaired) electrons. The summed E-state index contributed by atoms with van der Waals surface area (Å²) in [5.74, 6) is 0.346. The number of alkyl halides is 3. The normalized spacial score (nSPS) is 14.7. The van der Waals surface area contributed by atoms with Crippen LogP contribution in [0.3, 0.4) is 0 Å². The van der Waals surface area contributed by atoms with Crippen LogP contribution in [0, 0.1) is 6.92 Å². The summed E-state index contributed by atoms with van der Waals surface area (Å²) >= 11 is 3.41. The molecule has 184 valence electrons. The van der Waals surface area contributed by atoms with Crippen LogP contribution in [0.1, 0.15) is 41.5 Å². The Morgan fingerprint density at radius 1 is 1.20 bits per heavy atom. The van der Waals surface area contributed by atoms with Crippen molar-refractivity contribution >= 4 is 36.7 Å². The van der Waals surface area contributed by atoms with Gasteiger partial charge in [0.15, 0.2) is 9.84 Å². The van der Waals surface area contributed by atoms with Crippen LogP contribution in [0.25, 0.3) is 10.9 Å². The predicted molar refractivity (Wildman–Crippen MR) is 128 cm³/mol. The molecule has 0 aliphatic heterocycles. The Morgan fingerprint density at radius 3 is 2.57 bits per heavy atom. The zero-order chi connectivity index (χ0) is 25.1. The summed E-state index contributed by atoms with van der Waals surface area (Å²) in [5.41, 5.74) is 0.834. The second-order valence-electron chi connectivity index (χ2n) is 8.74. The van der Waals surface area contributed by atoms with E-state index in [-0.39, 0.29) is 16.7 Å². The van der Waals surface area contributed by atoms with E-state index in [1.807, 2.05) is 16.1 Å². The van der Waals surface area contributed by atoms with E-state index in [2.05, 4.69) is 20.9 Å². The number of phenols is 1. The first-order valence-electron chi connectivity index (χ1n) is 10.9. The fourth-order valence-corrected chi connectivity index (χ4v) is 6.19. The first-order chi connectivity index (χ1) is 16.5. The molecule has 4 aromatic rings. The molecule has 1 aliphatic rings. The van der Waals surface area contributed by atoms with Crippen molar-refractivity contribution in [3.8, 4) is 5.75 Å². The van der Waals surface area contributed by atoms with Gasteiger partial charge in [0.05, 0.1) is 32.7 Å². The summed E-state index contributed by atoms with van der Waals surface area (Å²) < 4.78 is 70.2. The van der Waals surface area contributed by atoms with Crippen molar-refractivity contribution in [1.29, 1.82) is 0 Å². The molecule has 0 saturated heterocycles. The molecule has 0 amide bonds. The van der Waals surface area contributed by atoms with Crippen LogP contribution in [0.4, 0.5) is 13.2 Å². The molecule has 1 saturated carbocycles. The quantitative estimate of drug-likeness (QED) is 0.310. The molecule has 0 spiro atoms. The smallest absolute Gasteiger partial charge is 0.416 e. The zero-order valence-electron chi connectivity index (χ0n) is 18.6. The monoisotopic (exact) mass is 567 g/mol. The minimum Gasteiger partial charge on any atom is -0.506 e. The van der Waals surface area contributed by atoms with Gasteiger partial charge in [-0.1, -0.05) is 6.07 Å². The number of sulfone groups is 1. The van der Waals surface area contributed by atoms with E-state index < -0.39 is 27.3 Å². The van der Waals surface area contributed by atoms with Crippen LogP contribution in [-0.4, -0.2) is 27.6 Å². The third-order valence-corrected chi connectivity index (χ3v) is 8.53. The number of hydrogen-bond acceptors (Lipinski definition) is 4.